The fourth-order valence-electron chi connectivity index (χ4n) is 2.52. The van der Waals surface area contributed by atoms with E-state index in [-0.39, 0.29) is 6.04 Å². The number of guanidine groups is 1. The molecule has 0 spiro atoms. The van der Waals surface area contributed by atoms with Crippen LogP contribution in [0.5, 0.6) is 11.5 Å². The first kappa shape index (κ1) is 23.1. The van der Waals surface area contributed by atoms with Crippen LogP contribution in [0.15, 0.2) is 23.2 Å². The average molecular weight is 380 g/mol. The van der Waals surface area contributed by atoms with E-state index in [0.29, 0.717) is 19.1 Å². The van der Waals surface area contributed by atoms with Crippen molar-refractivity contribution in [2.75, 3.05) is 40.0 Å². The van der Waals surface area contributed by atoms with E-state index >= 15 is 0 Å². The maximum Gasteiger partial charge on any atom is 0.191 e. The van der Waals surface area contributed by atoms with Gasteiger partial charge in [-0.2, -0.15) is 0 Å². The molecule has 0 aliphatic rings. The van der Waals surface area contributed by atoms with E-state index in [1.165, 1.54) is 0 Å². The van der Waals surface area contributed by atoms with Crippen LogP contribution in [0.4, 0.5) is 0 Å². The molecule has 1 rings (SSSR count). The van der Waals surface area contributed by atoms with Gasteiger partial charge in [0, 0.05) is 26.8 Å². The van der Waals surface area contributed by atoms with Crippen LogP contribution in [-0.4, -0.2) is 46.0 Å². The summed E-state index contributed by atoms with van der Waals surface area (Å²) in [6.45, 7) is 14.0. The highest BCUT2D eigenvalue weighted by molar-refractivity contribution is 5.80. The van der Waals surface area contributed by atoms with Gasteiger partial charge in [0.15, 0.2) is 17.5 Å². The molecular formula is C21H37N3O3. The van der Waals surface area contributed by atoms with E-state index in [2.05, 4.69) is 42.5 Å². The zero-order valence-corrected chi connectivity index (χ0v) is 17.8. The number of benzene rings is 1. The molecule has 0 fully saturated rings. The number of hydrogen-bond acceptors (Lipinski definition) is 4. The molecule has 0 saturated heterocycles. The molecule has 1 unspecified atom stereocenters. The summed E-state index contributed by atoms with van der Waals surface area (Å²) < 4.78 is 17.0. The molecule has 154 valence electrons. The predicted octanol–water partition coefficient (Wildman–Crippen LogP) is 3.77. The van der Waals surface area contributed by atoms with Gasteiger partial charge in [-0.25, -0.2) is 0 Å². The first-order valence-corrected chi connectivity index (χ1v) is 9.96. The molecule has 1 atom stereocenters. The van der Waals surface area contributed by atoms with Crippen LogP contribution >= 0.6 is 0 Å². The minimum absolute atomic E-state index is 0.0864. The summed E-state index contributed by atoms with van der Waals surface area (Å²) in [5, 5.41) is 6.75. The summed E-state index contributed by atoms with van der Waals surface area (Å²) in [5.41, 5.74) is 1.12. The van der Waals surface area contributed by atoms with E-state index in [1.807, 2.05) is 26.0 Å². The molecule has 27 heavy (non-hydrogen) atoms. The standard InChI is InChI=1S/C21H37N3O3/c1-7-26-19-11-10-18(14-20(19)27-8-2)17(5)24-21(22-6)23-12-9-13-25-15-16(3)4/h10-11,14,16-17H,7-9,12-13,15H2,1-6H3,(H2,22,23,24). The van der Waals surface area contributed by atoms with Gasteiger partial charge in [-0.05, 0) is 50.8 Å². The van der Waals surface area contributed by atoms with Gasteiger partial charge in [0.1, 0.15) is 0 Å². The second kappa shape index (κ2) is 13.3. The van der Waals surface area contributed by atoms with Crippen molar-refractivity contribution >= 4 is 5.96 Å². The Labute approximate surface area is 164 Å². The lowest BCUT2D eigenvalue weighted by molar-refractivity contribution is 0.108. The first-order chi connectivity index (χ1) is 13.0. The average Bonchev–Trinajstić information content (AvgIpc) is 2.64. The molecule has 0 saturated carbocycles. The molecule has 0 aromatic heterocycles. The normalized spacial score (nSPS) is 12.8. The van der Waals surface area contributed by atoms with E-state index in [4.69, 9.17) is 14.2 Å². The molecule has 1 aromatic carbocycles. The number of aliphatic imine (C=N–C) groups is 1. The van der Waals surface area contributed by atoms with Crippen molar-refractivity contribution in [1.29, 1.82) is 0 Å². The van der Waals surface area contributed by atoms with Crippen LogP contribution < -0.4 is 20.1 Å². The maximum absolute atomic E-state index is 5.72. The Kier molecular flexibility index (Phi) is 11.3. The Morgan fingerprint density at radius 3 is 2.41 bits per heavy atom. The summed E-state index contributed by atoms with van der Waals surface area (Å²) in [6.07, 6.45) is 0.944. The highest BCUT2D eigenvalue weighted by atomic mass is 16.5. The number of nitrogens with one attached hydrogen (secondary N) is 2. The second-order valence-corrected chi connectivity index (χ2v) is 6.76. The molecule has 0 heterocycles. The Morgan fingerprint density at radius 2 is 1.78 bits per heavy atom. The van der Waals surface area contributed by atoms with Crippen molar-refractivity contribution in [2.45, 2.75) is 47.1 Å². The molecule has 1 aromatic rings. The fourth-order valence-corrected chi connectivity index (χ4v) is 2.52. The molecule has 0 radical (unpaired) electrons. The van der Waals surface area contributed by atoms with Crippen LogP contribution in [0, 0.1) is 5.92 Å². The molecular weight excluding hydrogens is 342 g/mol. The van der Waals surface area contributed by atoms with Crippen LogP contribution in [0.1, 0.15) is 52.6 Å². The van der Waals surface area contributed by atoms with Crippen LogP contribution in [0.25, 0.3) is 0 Å². The van der Waals surface area contributed by atoms with Gasteiger partial charge >= 0.3 is 0 Å². The molecule has 0 amide bonds. The minimum Gasteiger partial charge on any atom is -0.490 e. The van der Waals surface area contributed by atoms with Crippen molar-refractivity contribution in [3.63, 3.8) is 0 Å². The van der Waals surface area contributed by atoms with Crippen molar-refractivity contribution in [3.05, 3.63) is 23.8 Å². The second-order valence-electron chi connectivity index (χ2n) is 6.76. The summed E-state index contributed by atoms with van der Waals surface area (Å²) >= 11 is 0. The number of hydrogen-bond donors (Lipinski definition) is 2. The van der Waals surface area contributed by atoms with Crippen molar-refractivity contribution in [2.24, 2.45) is 10.9 Å². The molecule has 0 aliphatic heterocycles. The number of nitrogens with zero attached hydrogens (tertiary/aromatic N) is 1. The third-order valence-corrected chi connectivity index (χ3v) is 3.85. The largest absolute Gasteiger partial charge is 0.490 e. The first-order valence-electron chi connectivity index (χ1n) is 9.96. The summed E-state index contributed by atoms with van der Waals surface area (Å²) in [7, 11) is 1.78. The van der Waals surface area contributed by atoms with Crippen molar-refractivity contribution < 1.29 is 14.2 Å². The van der Waals surface area contributed by atoms with Gasteiger partial charge in [-0.3, -0.25) is 4.99 Å². The topological polar surface area (TPSA) is 64.1 Å². The Hall–Kier alpha value is -1.95. The lowest BCUT2D eigenvalue weighted by Crippen LogP contribution is -2.39. The fraction of sp³-hybridized carbons (Fsp3) is 0.667. The van der Waals surface area contributed by atoms with Gasteiger partial charge in [-0.15, -0.1) is 0 Å². The van der Waals surface area contributed by atoms with E-state index in [9.17, 15) is 0 Å². The monoisotopic (exact) mass is 379 g/mol. The quantitative estimate of drug-likeness (QED) is 0.329. The van der Waals surface area contributed by atoms with E-state index < -0.39 is 0 Å². The zero-order chi connectivity index (χ0) is 20.1. The van der Waals surface area contributed by atoms with E-state index in [1.54, 1.807) is 7.05 Å². The summed E-state index contributed by atoms with van der Waals surface area (Å²) in [6, 6.07) is 6.13. The maximum atomic E-state index is 5.72. The van der Waals surface area contributed by atoms with Crippen LogP contribution in [0.3, 0.4) is 0 Å². The molecule has 2 N–H and O–H groups in total. The van der Waals surface area contributed by atoms with Crippen molar-refractivity contribution in [3.8, 4) is 11.5 Å². The van der Waals surface area contributed by atoms with Gasteiger partial charge in [0.2, 0.25) is 0 Å². The van der Waals surface area contributed by atoms with Gasteiger partial charge in [-0.1, -0.05) is 19.9 Å². The van der Waals surface area contributed by atoms with Gasteiger partial charge in [0.05, 0.1) is 19.3 Å². The Bertz CT molecular complexity index is 562. The Balaban J connectivity index is 2.54. The van der Waals surface area contributed by atoms with Crippen LogP contribution in [-0.2, 0) is 4.74 Å². The summed E-state index contributed by atoms with van der Waals surface area (Å²) in [4.78, 5) is 4.30. The minimum atomic E-state index is 0.0864. The molecule has 0 aliphatic carbocycles. The van der Waals surface area contributed by atoms with Crippen molar-refractivity contribution in [1.82, 2.24) is 10.6 Å². The number of rotatable bonds is 12. The number of ether oxygens (including phenoxy) is 3. The Morgan fingerprint density at radius 1 is 1.07 bits per heavy atom. The lowest BCUT2D eigenvalue weighted by Gasteiger charge is -2.20. The molecule has 0 bridgehead atoms. The van der Waals surface area contributed by atoms with E-state index in [0.717, 1.165) is 49.2 Å². The summed E-state index contributed by atoms with van der Waals surface area (Å²) in [5.74, 6) is 2.90. The third kappa shape index (κ3) is 9.00. The van der Waals surface area contributed by atoms with Gasteiger partial charge < -0.3 is 24.8 Å². The molecule has 6 nitrogen and oxygen atoms in total. The highest BCUT2D eigenvalue weighted by Gasteiger charge is 2.12. The third-order valence-electron chi connectivity index (χ3n) is 3.85. The van der Waals surface area contributed by atoms with Gasteiger partial charge in [0.25, 0.3) is 0 Å². The smallest absolute Gasteiger partial charge is 0.191 e. The zero-order valence-electron chi connectivity index (χ0n) is 17.8. The lowest BCUT2D eigenvalue weighted by atomic mass is 10.1. The van der Waals surface area contributed by atoms with Crippen LogP contribution in [0.2, 0.25) is 0 Å². The highest BCUT2D eigenvalue weighted by Crippen LogP contribution is 2.30. The SMILES string of the molecule is CCOc1ccc(C(C)NC(=NC)NCCCOCC(C)C)cc1OCC. The predicted molar refractivity (Wildman–Crippen MR) is 112 cm³/mol. The molecule has 6 heteroatoms.